The van der Waals surface area contributed by atoms with Crippen LogP contribution < -0.4 is 5.73 Å². The Labute approximate surface area is 105 Å². The number of carboxylic acid groups (broad SMARTS) is 1. The van der Waals surface area contributed by atoms with Gasteiger partial charge in [-0.1, -0.05) is 31.9 Å². The molecule has 82 valence electrons. The van der Waals surface area contributed by atoms with Crippen LogP contribution >= 0.6 is 31.9 Å². The average Bonchev–Trinajstić information content (AvgIpc) is 2.10. The molecule has 3 N–H and O–H groups in total. The van der Waals surface area contributed by atoms with Crippen molar-refractivity contribution in [2.75, 3.05) is 0 Å². The van der Waals surface area contributed by atoms with E-state index in [-0.39, 0.29) is 12.5 Å². The zero-order chi connectivity index (χ0) is 11.4. The van der Waals surface area contributed by atoms with Crippen molar-refractivity contribution in [1.82, 2.24) is 0 Å². The third-order valence-corrected chi connectivity index (χ3v) is 3.19. The van der Waals surface area contributed by atoms with Crippen molar-refractivity contribution < 1.29 is 9.90 Å². The second kappa shape index (κ2) is 5.63. The van der Waals surface area contributed by atoms with Gasteiger partial charge in [0.2, 0.25) is 0 Å². The number of halogens is 2. The minimum atomic E-state index is -0.867. The van der Waals surface area contributed by atoms with Crippen LogP contribution in [0.1, 0.15) is 12.0 Å². The quantitative estimate of drug-likeness (QED) is 0.888. The molecular formula is C10H11Br2NO2. The zero-order valence-electron chi connectivity index (χ0n) is 7.91. The molecule has 0 aliphatic rings. The summed E-state index contributed by atoms with van der Waals surface area (Å²) < 4.78 is 1.91. The van der Waals surface area contributed by atoms with Gasteiger partial charge in [0.1, 0.15) is 0 Å². The van der Waals surface area contributed by atoms with Crippen LogP contribution in [0.3, 0.4) is 0 Å². The van der Waals surface area contributed by atoms with Crippen molar-refractivity contribution in [2.45, 2.75) is 18.9 Å². The maximum atomic E-state index is 10.5. The van der Waals surface area contributed by atoms with Crippen molar-refractivity contribution >= 4 is 37.8 Å². The first-order valence-corrected chi connectivity index (χ1v) is 5.99. The van der Waals surface area contributed by atoms with Gasteiger partial charge in [0.05, 0.1) is 6.42 Å². The number of hydrogen-bond acceptors (Lipinski definition) is 2. The Morgan fingerprint density at radius 1 is 1.47 bits per heavy atom. The highest BCUT2D eigenvalue weighted by molar-refractivity contribution is 9.11. The molecule has 0 aromatic heterocycles. The maximum absolute atomic E-state index is 10.5. The first-order chi connectivity index (χ1) is 6.99. The summed E-state index contributed by atoms with van der Waals surface area (Å²) in [6, 6.07) is 5.41. The van der Waals surface area contributed by atoms with Gasteiger partial charge >= 0.3 is 5.97 Å². The van der Waals surface area contributed by atoms with E-state index in [0.29, 0.717) is 6.42 Å². The first kappa shape index (κ1) is 12.7. The molecular weight excluding hydrogens is 326 g/mol. The van der Waals surface area contributed by atoms with Gasteiger partial charge in [0, 0.05) is 15.0 Å². The number of aliphatic carboxylic acids is 1. The fraction of sp³-hybridized carbons (Fsp3) is 0.300. The van der Waals surface area contributed by atoms with E-state index in [4.69, 9.17) is 10.8 Å². The van der Waals surface area contributed by atoms with E-state index in [1.807, 2.05) is 18.2 Å². The molecule has 0 spiro atoms. The molecule has 1 aromatic carbocycles. The van der Waals surface area contributed by atoms with Gasteiger partial charge in [-0.3, -0.25) is 4.79 Å². The summed E-state index contributed by atoms with van der Waals surface area (Å²) >= 11 is 6.76. The number of carboxylic acids is 1. The Bertz CT molecular complexity index is 368. The lowest BCUT2D eigenvalue weighted by Crippen LogP contribution is -2.26. The highest BCUT2D eigenvalue weighted by Gasteiger charge is 2.11. The van der Waals surface area contributed by atoms with E-state index >= 15 is 0 Å². The third-order valence-electron chi connectivity index (χ3n) is 1.93. The summed E-state index contributed by atoms with van der Waals surface area (Å²) in [6.45, 7) is 0. The standard InChI is InChI=1S/C10H11Br2NO2/c11-7-1-2-9(12)6(3-7)4-8(13)5-10(14)15/h1-3,8H,4-5,13H2,(H,14,15). The summed E-state index contributed by atoms with van der Waals surface area (Å²) in [5.41, 5.74) is 6.72. The lowest BCUT2D eigenvalue weighted by atomic mass is 10.0. The lowest BCUT2D eigenvalue weighted by Gasteiger charge is -2.10. The summed E-state index contributed by atoms with van der Waals surface area (Å²) in [5, 5.41) is 8.58. The molecule has 15 heavy (non-hydrogen) atoms. The molecule has 0 bridgehead atoms. The minimum absolute atomic E-state index is 0.0149. The second-order valence-electron chi connectivity index (χ2n) is 3.30. The smallest absolute Gasteiger partial charge is 0.304 e. The highest BCUT2D eigenvalue weighted by Crippen LogP contribution is 2.22. The van der Waals surface area contributed by atoms with Gasteiger partial charge in [0.15, 0.2) is 0 Å². The van der Waals surface area contributed by atoms with Gasteiger partial charge in [-0.2, -0.15) is 0 Å². The van der Waals surface area contributed by atoms with Crippen LogP contribution in [-0.2, 0) is 11.2 Å². The molecule has 3 nitrogen and oxygen atoms in total. The van der Waals surface area contributed by atoms with Crippen LogP contribution in [-0.4, -0.2) is 17.1 Å². The summed E-state index contributed by atoms with van der Waals surface area (Å²) in [7, 11) is 0. The highest BCUT2D eigenvalue weighted by atomic mass is 79.9. The number of carbonyl (C=O) groups is 1. The second-order valence-corrected chi connectivity index (χ2v) is 5.07. The van der Waals surface area contributed by atoms with E-state index in [1.54, 1.807) is 0 Å². The van der Waals surface area contributed by atoms with E-state index < -0.39 is 5.97 Å². The summed E-state index contributed by atoms with van der Waals surface area (Å²) in [4.78, 5) is 10.5. The molecule has 1 unspecified atom stereocenters. The summed E-state index contributed by atoms with van der Waals surface area (Å²) in [5.74, 6) is -0.867. The molecule has 1 rings (SSSR count). The van der Waals surface area contributed by atoms with E-state index in [2.05, 4.69) is 31.9 Å². The molecule has 1 aromatic rings. The van der Waals surface area contributed by atoms with Crippen molar-refractivity contribution in [2.24, 2.45) is 5.73 Å². The molecule has 0 saturated carbocycles. The molecule has 0 saturated heterocycles. The van der Waals surface area contributed by atoms with Crippen molar-refractivity contribution in [1.29, 1.82) is 0 Å². The van der Waals surface area contributed by atoms with Crippen LogP contribution in [0.15, 0.2) is 27.1 Å². The molecule has 5 heteroatoms. The van der Waals surface area contributed by atoms with Gasteiger partial charge in [0.25, 0.3) is 0 Å². The Morgan fingerprint density at radius 3 is 2.73 bits per heavy atom. The predicted molar refractivity (Wildman–Crippen MR) is 65.8 cm³/mol. The maximum Gasteiger partial charge on any atom is 0.304 e. The number of hydrogen-bond donors (Lipinski definition) is 2. The molecule has 0 aliphatic carbocycles. The Morgan fingerprint density at radius 2 is 2.13 bits per heavy atom. The van der Waals surface area contributed by atoms with E-state index in [9.17, 15) is 4.79 Å². The topological polar surface area (TPSA) is 63.3 Å². The van der Waals surface area contributed by atoms with Gasteiger partial charge in [-0.15, -0.1) is 0 Å². The van der Waals surface area contributed by atoms with Crippen LogP contribution in [0.5, 0.6) is 0 Å². The van der Waals surface area contributed by atoms with E-state index in [1.165, 1.54) is 0 Å². The average molecular weight is 337 g/mol. The molecule has 0 amide bonds. The Balaban J connectivity index is 2.71. The number of benzene rings is 1. The Hall–Kier alpha value is -0.390. The molecule has 0 aliphatic heterocycles. The monoisotopic (exact) mass is 335 g/mol. The van der Waals surface area contributed by atoms with Crippen LogP contribution in [0.2, 0.25) is 0 Å². The predicted octanol–water partition coefficient (Wildman–Crippen LogP) is 2.56. The molecule has 0 heterocycles. The normalized spacial score (nSPS) is 12.5. The number of nitrogens with two attached hydrogens (primary N) is 1. The SMILES string of the molecule is NC(CC(=O)O)Cc1cc(Br)ccc1Br. The fourth-order valence-electron chi connectivity index (χ4n) is 1.28. The van der Waals surface area contributed by atoms with Crippen LogP contribution in [0.25, 0.3) is 0 Å². The van der Waals surface area contributed by atoms with Gasteiger partial charge in [-0.25, -0.2) is 0 Å². The number of rotatable bonds is 4. The van der Waals surface area contributed by atoms with Crippen LogP contribution in [0, 0.1) is 0 Å². The van der Waals surface area contributed by atoms with Crippen molar-refractivity contribution in [3.8, 4) is 0 Å². The van der Waals surface area contributed by atoms with Crippen LogP contribution in [0.4, 0.5) is 0 Å². The Kier molecular flexibility index (Phi) is 4.76. The molecule has 0 fully saturated rings. The minimum Gasteiger partial charge on any atom is -0.481 e. The third kappa shape index (κ3) is 4.32. The first-order valence-electron chi connectivity index (χ1n) is 4.40. The molecule has 0 radical (unpaired) electrons. The zero-order valence-corrected chi connectivity index (χ0v) is 11.1. The van der Waals surface area contributed by atoms with Crippen molar-refractivity contribution in [3.63, 3.8) is 0 Å². The lowest BCUT2D eigenvalue weighted by molar-refractivity contribution is -0.137. The largest absolute Gasteiger partial charge is 0.481 e. The molecule has 1 atom stereocenters. The fourth-order valence-corrected chi connectivity index (χ4v) is 2.10. The van der Waals surface area contributed by atoms with Gasteiger partial charge < -0.3 is 10.8 Å². The van der Waals surface area contributed by atoms with E-state index in [0.717, 1.165) is 14.5 Å². The van der Waals surface area contributed by atoms with Gasteiger partial charge in [-0.05, 0) is 30.2 Å². The summed E-state index contributed by atoms with van der Waals surface area (Å²) in [6.07, 6.45) is 0.533. The van der Waals surface area contributed by atoms with Crippen molar-refractivity contribution in [3.05, 3.63) is 32.7 Å².